The molecule has 0 bridgehead atoms. The highest BCUT2D eigenvalue weighted by Crippen LogP contribution is 2.21. The number of hydrogen-bond acceptors (Lipinski definition) is 2. The highest BCUT2D eigenvalue weighted by atomic mass is 79.9. The SMILES string of the molecule is O=C(NC1CNC1)c1cc(Cl)ccc1Br. The summed E-state index contributed by atoms with van der Waals surface area (Å²) in [5, 5.41) is 6.57. The summed E-state index contributed by atoms with van der Waals surface area (Å²) in [7, 11) is 0. The summed E-state index contributed by atoms with van der Waals surface area (Å²) < 4.78 is 0.761. The second-order valence-electron chi connectivity index (χ2n) is 3.45. The molecule has 5 heteroatoms. The molecule has 1 aliphatic rings. The van der Waals surface area contributed by atoms with Crippen molar-refractivity contribution in [2.45, 2.75) is 6.04 Å². The summed E-state index contributed by atoms with van der Waals surface area (Å²) in [6.07, 6.45) is 0. The number of hydrogen-bond donors (Lipinski definition) is 2. The molecular formula is C10H10BrClN2O. The van der Waals surface area contributed by atoms with E-state index in [2.05, 4.69) is 26.6 Å². The molecule has 15 heavy (non-hydrogen) atoms. The zero-order chi connectivity index (χ0) is 10.8. The molecule has 1 aromatic rings. The number of carbonyl (C=O) groups is 1. The van der Waals surface area contributed by atoms with Crippen molar-refractivity contribution in [1.29, 1.82) is 0 Å². The number of amides is 1. The molecule has 0 spiro atoms. The van der Waals surface area contributed by atoms with Crippen LogP contribution in [0.25, 0.3) is 0 Å². The minimum atomic E-state index is -0.0872. The van der Waals surface area contributed by atoms with Gasteiger partial charge in [-0.05, 0) is 34.1 Å². The van der Waals surface area contributed by atoms with Gasteiger partial charge < -0.3 is 10.6 Å². The maximum absolute atomic E-state index is 11.8. The van der Waals surface area contributed by atoms with Crippen molar-refractivity contribution in [2.24, 2.45) is 0 Å². The Morgan fingerprint density at radius 3 is 2.87 bits per heavy atom. The quantitative estimate of drug-likeness (QED) is 0.872. The Balaban J connectivity index is 2.12. The van der Waals surface area contributed by atoms with Crippen LogP contribution in [0, 0.1) is 0 Å². The lowest BCUT2D eigenvalue weighted by Crippen LogP contribution is -2.56. The fourth-order valence-electron chi connectivity index (χ4n) is 1.33. The van der Waals surface area contributed by atoms with Gasteiger partial charge in [-0.15, -0.1) is 0 Å². The van der Waals surface area contributed by atoms with Crippen molar-refractivity contribution in [1.82, 2.24) is 10.6 Å². The van der Waals surface area contributed by atoms with E-state index in [1.807, 2.05) is 0 Å². The minimum absolute atomic E-state index is 0.0872. The lowest BCUT2D eigenvalue weighted by atomic mass is 10.1. The van der Waals surface area contributed by atoms with Crippen LogP contribution < -0.4 is 10.6 Å². The molecular weight excluding hydrogens is 279 g/mol. The Kier molecular flexibility index (Phi) is 3.29. The molecule has 80 valence electrons. The normalized spacial score (nSPS) is 15.9. The van der Waals surface area contributed by atoms with E-state index in [-0.39, 0.29) is 11.9 Å². The van der Waals surface area contributed by atoms with E-state index >= 15 is 0 Å². The van der Waals surface area contributed by atoms with Crippen LogP contribution in [0.4, 0.5) is 0 Å². The van der Waals surface area contributed by atoms with E-state index in [9.17, 15) is 4.79 Å². The monoisotopic (exact) mass is 288 g/mol. The van der Waals surface area contributed by atoms with Crippen molar-refractivity contribution in [3.05, 3.63) is 33.3 Å². The van der Waals surface area contributed by atoms with Crippen LogP contribution in [-0.2, 0) is 0 Å². The van der Waals surface area contributed by atoms with Gasteiger partial charge >= 0.3 is 0 Å². The van der Waals surface area contributed by atoms with Crippen LogP contribution in [0.1, 0.15) is 10.4 Å². The van der Waals surface area contributed by atoms with Gasteiger partial charge in [0.25, 0.3) is 5.91 Å². The van der Waals surface area contributed by atoms with Crippen molar-refractivity contribution in [3.8, 4) is 0 Å². The molecule has 0 aromatic heterocycles. The predicted octanol–water partition coefficient (Wildman–Crippen LogP) is 1.80. The third-order valence-corrected chi connectivity index (χ3v) is 3.22. The van der Waals surface area contributed by atoms with Crippen LogP contribution >= 0.6 is 27.5 Å². The van der Waals surface area contributed by atoms with E-state index in [1.165, 1.54) is 0 Å². The van der Waals surface area contributed by atoms with E-state index in [0.717, 1.165) is 17.6 Å². The van der Waals surface area contributed by atoms with E-state index < -0.39 is 0 Å². The van der Waals surface area contributed by atoms with Crippen LogP contribution in [0.2, 0.25) is 5.02 Å². The number of nitrogens with one attached hydrogen (secondary N) is 2. The number of rotatable bonds is 2. The maximum Gasteiger partial charge on any atom is 0.252 e. The van der Waals surface area contributed by atoms with Gasteiger partial charge in [-0.1, -0.05) is 11.6 Å². The first kappa shape index (κ1) is 10.9. The zero-order valence-corrected chi connectivity index (χ0v) is 10.2. The summed E-state index contributed by atoms with van der Waals surface area (Å²) in [4.78, 5) is 11.8. The molecule has 1 amide bonds. The molecule has 1 fully saturated rings. The lowest BCUT2D eigenvalue weighted by Gasteiger charge is -2.28. The summed E-state index contributed by atoms with van der Waals surface area (Å²) in [5.74, 6) is -0.0872. The highest BCUT2D eigenvalue weighted by Gasteiger charge is 2.20. The van der Waals surface area contributed by atoms with Crippen molar-refractivity contribution in [3.63, 3.8) is 0 Å². The third kappa shape index (κ3) is 2.51. The first-order valence-corrected chi connectivity index (χ1v) is 5.80. The molecule has 0 saturated carbocycles. The van der Waals surface area contributed by atoms with Gasteiger partial charge in [-0.2, -0.15) is 0 Å². The Morgan fingerprint density at radius 1 is 1.53 bits per heavy atom. The van der Waals surface area contributed by atoms with Crippen LogP contribution in [0.5, 0.6) is 0 Å². The molecule has 2 rings (SSSR count). The topological polar surface area (TPSA) is 41.1 Å². The van der Waals surface area contributed by atoms with Gasteiger partial charge in [0.2, 0.25) is 0 Å². The fraction of sp³-hybridized carbons (Fsp3) is 0.300. The number of carbonyl (C=O) groups excluding carboxylic acids is 1. The number of benzene rings is 1. The fourth-order valence-corrected chi connectivity index (χ4v) is 1.92. The molecule has 1 aliphatic heterocycles. The van der Waals surface area contributed by atoms with Gasteiger partial charge in [-0.25, -0.2) is 0 Å². The van der Waals surface area contributed by atoms with Crippen LogP contribution in [-0.4, -0.2) is 25.0 Å². The first-order chi connectivity index (χ1) is 7.16. The molecule has 0 radical (unpaired) electrons. The standard InChI is InChI=1S/C10H10BrClN2O/c11-9-2-1-6(12)3-8(9)10(15)14-7-4-13-5-7/h1-3,7,13H,4-5H2,(H,14,15). The van der Waals surface area contributed by atoms with Gasteiger partial charge in [0, 0.05) is 22.6 Å². The van der Waals surface area contributed by atoms with Gasteiger partial charge in [0.15, 0.2) is 0 Å². The average Bonchev–Trinajstić information content (AvgIpc) is 2.15. The Labute approximate surface area is 101 Å². The molecule has 1 heterocycles. The Morgan fingerprint density at radius 2 is 2.27 bits per heavy atom. The summed E-state index contributed by atoms with van der Waals surface area (Å²) in [6, 6.07) is 5.42. The van der Waals surface area contributed by atoms with E-state index in [4.69, 9.17) is 11.6 Å². The second kappa shape index (κ2) is 4.51. The van der Waals surface area contributed by atoms with Crippen molar-refractivity contribution < 1.29 is 4.79 Å². The second-order valence-corrected chi connectivity index (χ2v) is 4.74. The average molecular weight is 290 g/mol. The molecule has 2 N–H and O–H groups in total. The van der Waals surface area contributed by atoms with Crippen LogP contribution in [0.3, 0.4) is 0 Å². The molecule has 0 atom stereocenters. The largest absolute Gasteiger partial charge is 0.347 e. The van der Waals surface area contributed by atoms with Gasteiger partial charge in [0.05, 0.1) is 11.6 Å². The molecule has 1 saturated heterocycles. The summed E-state index contributed by atoms with van der Waals surface area (Å²) >= 11 is 9.16. The van der Waals surface area contributed by atoms with Gasteiger partial charge in [-0.3, -0.25) is 4.79 Å². The minimum Gasteiger partial charge on any atom is -0.347 e. The first-order valence-electron chi connectivity index (χ1n) is 4.63. The predicted molar refractivity (Wildman–Crippen MR) is 63.3 cm³/mol. The van der Waals surface area contributed by atoms with Crippen molar-refractivity contribution >= 4 is 33.4 Å². The maximum atomic E-state index is 11.8. The third-order valence-electron chi connectivity index (χ3n) is 2.29. The van der Waals surface area contributed by atoms with E-state index in [1.54, 1.807) is 18.2 Å². The van der Waals surface area contributed by atoms with Crippen molar-refractivity contribution in [2.75, 3.05) is 13.1 Å². The van der Waals surface area contributed by atoms with Gasteiger partial charge in [0.1, 0.15) is 0 Å². The molecule has 1 aromatic carbocycles. The zero-order valence-electron chi connectivity index (χ0n) is 7.89. The Hall–Kier alpha value is -0.580. The molecule has 0 aliphatic carbocycles. The van der Waals surface area contributed by atoms with E-state index in [0.29, 0.717) is 10.6 Å². The number of halogens is 2. The Bertz CT molecular complexity index is 393. The smallest absolute Gasteiger partial charge is 0.252 e. The summed E-state index contributed by atoms with van der Waals surface area (Å²) in [5.41, 5.74) is 0.578. The molecule has 3 nitrogen and oxygen atoms in total. The summed E-state index contributed by atoms with van der Waals surface area (Å²) in [6.45, 7) is 1.67. The molecule has 0 unspecified atom stereocenters. The lowest BCUT2D eigenvalue weighted by molar-refractivity contribution is 0.0923. The van der Waals surface area contributed by atoms with Crippen LogP contribution in [0.15, 0.2) is 22.7 Å². The highest BCUT2D eigenvalue weighted by molar-refractivity contribution is 9.10.